The Balaban J connectivity index is 2.51. The van der Waals surface area contributed by atoms with Gasteiger partial charge in [0.1, 0.15) is 0 Å². The molecule has 5 nitrogen and oxygen atoms in total. The van der Waals surface area contributed by atoms with Crippen molar-refractivity contribution in [3.8, 4) is 0 Å². The van der Waals surface area contributed by atoms with E-state index in [1.807, 2.05) is 12.1 Å². The van der Waals surface area contributed by atoms with Gasteiger partial charge in [-0.2, -0.15) is 0 Å². The fraction of sp³-hybridized carbons (Fsp3) is 0.429. The second-order valence-corrected chi connectivity index (χ2v) is 4.61. The van der Waals surface area contributed by atoms with E-state index in [9.17, 15) is 9.59 Å². The predicted molar refractivity (Wildman–Crippen MR) is 70.2 cm³/mol. The molecule has 19 heavy (non-hydrogen) atoms. The van der Waals surface area contributed by atoms with Crippen LogP contribution in [0.25, 0.3) is 0 Å². The Labute approximate surface area is 112 Å². The van der Waals surface area contributed by atoms with Crippen molar-refractivity contribution in [2.75, 3.05) is 0 Å². The summed E-state index contributed by atoms with van der Waals surface area (Å²) >= 11 is 0. The largest absolute Gasteiger partial charge is 0.481 e. The highest BCUT2D eigenvalue weighted by Crippen LogP contribution is 2.11. The number of carboxylic acid groups (broad SMARTS) is 1. The van der Waals surface area contributed by atoms with Crippen molar-refractivity contribution in [3.05, 3.63) is 35.4 Å². The van der Waals surface area contributed by atoms with Crippen molar-refractivity contribution in [1.82, 2.24) is 5.32 Å². The molecule has 1 aromatic carbocycles. The summed E-state index contributed by atoms with van der Waals surface area (Å²) in [7, 11) is 0. The van der Waals surface area contributed by atoms with Crippen molar-refractivity contribution in [2.45, 2.75) is 27.0 Å². The maximum atomic E-state index is 11.8. The number of carboxylic acids is 1. The standard InChI is InChI=1S/C14H19NO4/c1-9(10(2)14(18)19)13(17)15-7-11-3-5-12(8-16)6-4-11/h3-6,9-10,16H,7-8H2,1-2H3,(H,15,17)(H,18,19). The molecule has 5 heteroatoms. The number of aliphatic hydroxyl groups is 1. The lowest BCUT2D eigenvalue weighted by Crippen LogP contribution is -2.34. The summed E-state index contributed by atoms with van der Waals surface area (Å²) in [5.74, 6) is -2.54. The van der Waals surface area contributed by atoms with Gasteiger partial charge in [-0.15, -0.1) is 0 Å². The van der Waals surface area contributed by atoms with E-state index < -0.39 is 17.8 Å². The molecule has 0 radical (unpaired) electrons. The lowest BCUT2D eigenvalue weighted by atomic mass is 9.95. The molecule has 2 atom stereocenters. The van der Waals surface area contributed by atoms with Crippen molar-refractivity contribution >= 4 is 11.9 Å². The monoisotopic (exact) mass is 265 g/mol. The summed E-state index contributed by atoms with van der Waals surface area (Å²) in [5, 5.41) is 20.5. The SMILES string of the molecule is CC(C(=O)O)C(C)C(=O)NCc1ccc(CO)cc1. The number of aliphatic carboxylic acids is 1. The molecule has 0 aliphatic rings. The van der Waals surface area contributed by atoms with E-state index >= 15 is 0 Å². The van der Waals surface area contributed by atoms with Crippen molar-refractivity contribution < 1.29 is 19.8 Å². The minimum absolute atomic E-state index is 0.0141. The van der Waals surface area contributed by atoms with Crippen LogP contribution >= 0.6 is 0 Å². The van der Waals surface area contributed by atoms with Gasteiger partial charge in [0.25, 0.3) is 0 Å². The highest BCUT2D eigenvalue weighted by atomic mass is 16.4. The minimum Gasteiger partial charge on any atom is -0.481 e. The van der Waals surface area contributed by atoms with Gasteiger partial charge in [0.15, 0.2) is 0 Å². The Kier molecular flexibility index (Phi) is 5.51. The number of nitrogens with one attached hydrogen (secondary N) is 1. The molecule has 0 bridgehead atoms. The summed E-state index contributed by atoms with van der Waals surface area (Å²) in [6, 6.07) is 7.20. The summed E-state index contributed by atoms with van der Waals surface area (Å²) in [4.78, 5) is 22.6. The van der Waals surface area contributed by atoms with Crippen molar-refractivity contribution in [1.29, 1.82) is 0 Å². The molecule has 0 aromatic heterocycles. The average Bonchev–Trinajstić information content (AvgIpc) is 2.43. The van der Waals surface area contributed by atoms with Crippen LogP contribution in [0.1, 0.15) is 25.0 Å². The summed E-state index contributed by atoms with van der Waals surface area (Å²) in [5.41, 5.74) is 1.71. The van der Waals surface area contributed by atoms with Gasteiger partial charge in [-0.1, -0.05) is 38.1 Å². The first-order valence-electron chi connectivity index (χ1n) is 6.15. The predicted octanol–water partition coefficient (Wildman–Crippen LogP) is 1.15. The second-order valence-electron chi connectivity index (χ2n) is 4.61. The van der Waals surface area contributed by atoms with Crippen LogP contribution in [-0.2, 0) is 22.7 Å². The first kappa shape index (κ1) is 15.2. The third kappa shape index (κ3) is 4.37. The number of carbonyl (C=O) groups excluding carboxylic acids is 1. The van der Waals surface area contributed by atoms with Crippen molar-refractivity contribution in [2.24, 2.45) is 11.8 Å². The highest BCUT2D eigenvalue weighted by molar-refractivity contribution is 5.84. The molecule has 0 spiro atoms. The van der Waals surface area contributed by atoms with Crippen LogP contribution in [-0.4, -0.2) is 22.1 Å². The number of benzene rings is 1. The number of carbonyl (C=O) groups is 2. The Morgan fingerprint density at radius 2 is 1.63 bits per heavy atom. The molecule has 2 unspecified atom stereocenters. The first-order valence-corrected chi connectivity index (χ1v) is 6.15. The van der Waals surface area contributed by atoms with Gasteiger partial charge in [0.05, 0.1) is 12.5 Å². The molecule has 0 saturated carbocycles. The van der Waals surface area contributed by atoms with Gasteiger partial charge in [0.2, 0.25) is 5.91 Å². The quantitative estimate of drug-likeness (QED) is 0.720. The molecule has 0 saturated heterocycles. The first-order chi connectivity index (χ1) is 8.95. The molecular formula is C14H19NO4. The third-order valence-electron chi connectivity index (χ3n) is 3.23. The van der Waals surface area contributed by atoms with Gasteiger partial charge in [-0.3, -0.25) is 9.59 Å². The Morgan fingerprint density at radius 3 is 2.11 bits per heavy atom. The second kappa shape index (κ2) is 6.89. The number of rotatable bonds is 6. The van der Waals surface area contributed by atoms with Crippen molar-refractivity contribution in [3.63, 3.8) is 0 Å². The molecule has 0 heterocycles. The van der Waals surface area contributed by atoms with E-state index in [0.29, 0.717) is 6.54 Å². The van der Waals surface area contributed by atoms with Crippen LogP contribution in [0.2, 0.25) is 0 Å². The van der Waals surface area contributed by atoms with Crippen LogP contribution in [0.3, 0.4) is 0 Å². The van der Waals surface area contributed by atoms with E-state index in [-0.39, 0.29) is 12.5 Å². The highest BCUT2D eigenvalue weighted by Gasteiger charge is 2.25. The Hall–Kier alpha value is -1.88. The van der Waals surface area contributed by atoms with Crippen LogP contribution in [0.4, 0.5) is 0 Å². The van der Waals surface area contributed by atoms with Crippen LogP contribution in [0.5, 0.6) is 0 Å². The number of hydrogen-bond donors (Lipinski definition) is 3. The smallest absolute Gasteiger partial charge is 0.307 e. The van der Waals surface area contributed by atoms with E-state index in [1.165, 1.54) is 6.92 Å². The van der Waals surface area contributed by atoms with Gasteiger partial charge in [0, 0.05) is 12.5 Å². The zero-order valence-corrected chi connectivity index (χ0v) is 11.1. The van der Waals surface area contributed by atoms with E-state index in [0.717, 1.165) is 11.1 Å². The van der Waals surface area contributed by atoms with E-state index in [1.54, 1.807) is 19.1 Å². The summed E-state index contributed by atoms with van der Waals surface area (Å²) in [6.07, 6.45) is 0. The molecule has 0 aliphatic carbocycles. The zero-order valence-electron chi connectivity index (χ0n) is 11.1. The van der Waals surface area contributed by atoms with Crippen LogP contribution in [0, 0.1) is 11.8 Å². The Morgan fingerprint density at radius 1 is 1.11 bits per heavy atom. The minimum atomic E-state index is -0.977. The molecule has 0 aliphatic heterocycles. The Bertz CT molecular complexity index is 441. The molecule has 0 fully saturated rings. The zero-order chi connectivity index (χ0) is 14.4. The maximum Gasteiger partial charge on any atom is 0.307 e. The third-order valence-corrected chi connectivity index (χ3v) is 3.23. The van der Waals surface area contributed by atoms with Gasteiger partial charge >= 0.3 is 5.97 Å². The topological polar surface area (TPSA) is 86.6 Å². The molecule has 3 N–H and O–H groups in total. The molecule has 1 amide bonds. The maximum absolute atomic E-state index is 11.8. The van der Waals surface area contributed by atoms with Gasteiger partial charge in [-0.25, -0.2) is 0 Å². The fourth-order valence-electron chi connectivity index (χ4n) is 1.55. The molecule has 1 rings (SSSR count). The summed E-state index contributed by atoms with van der Waals surface area (Å²) < 4.78 is 0. The van der Waals surface area contributed by atoms with E-state index in [2.05, 4.69) is 5.32 Å². The molecular weight excluding hydrogens is 246 g/mol. The fourth-order valence-corrected chi connectivity index (χ4v) is 1.55. The molecule has 104 valence electrons. The number of amides is 1. The normalized spacial score (nSPS) is 13.6. The molecule has 1 aromatic rings. The van der Waals surface area contributed by atoms with Crippen LogP contribution in [0.15, 0.2) is 24.3 Å². The summed E-state index contributed by atoms with van der Waals surface area (Å²) in [6.45, 7) is 3.45. The van der Waals surface area contributed by atoms with Gasteiger partial charge < -0.3 is 15.5 Å². The lowest BCUT2D eigenvalue weighted by molar-refractivity contribution is -0.146. The van der Waals surface area contributed by atoms with Crippen LogP contribution < -0.4 is 5.32 Å². The number of hydrogen-bond acceptors (Lipinski definition) is 3. The van der Waals surface area contributed by atoms with Gasteiger partial charge in [-0.05, 0) is 11.1 Å². The lowest BCUT2D eigenvalue weighted by Gasteiger charge is -2.15. The van der Waals surface area contributed by atoms with E-state index in [4.69, 9.17) is 10.2 Å². The average molecular weight is 265 g/mol. The number of aliphatic hydroxyl groups excluding tert-OH is 1.